The van der Waals surface area contributed by atoms with Crippen LogP contribution in [0.2, 0.25) is 0 Å². The van der Waals surface area contributed by atoms with Gasteiger partial charge in [0.2, 0.25) is 0 Å². The van der Waals surface area contributed by atoms with E-state index in [2.05, 4.69) is 163 Å². The standard InChI is InChI=1S/C50H48N2/c1-35-9-23-45(24-10-35)51(49-31-21-37-5-3-7-43(37)33-49)47-27-17-41(18-28-47)39-13-15-40(16-14-39)42-19-29-48(30-20-42)52(46-25-11-36(2)12-26-46)50-32-22-38-6-4-8-44(38)34-50/h9-13,15,17-33,50H,3-8,14,16,34H2,1-2H3. The minimum atomic E-state index is 0.341. The van der Waals surface area contributed by atoms with Crippen molar-refractivity contribution < 1.29 is 0 Å². The van der Waals surface area contributed by atoms with Gasteiger partial charge in [0.05, 0.1) is 6.04 Å². The van der Waals surface area contributed by atoms with E-state index in [1.807, 2.05) is 0 Å². The number of hydrogen-bond donors (Lipinski definition) is 0. The molecule has 2 heteroatoms. The molecule has 258 valence electrons. The normalized spacial score (nSPS) is 17.8. The van der Waals surface area contributed by atoms with E-state index in [1.54, 1.807) is 11.1 Å². The lowest BCUT2D eigenvalue weighted by Gasteiger charge is -2.34. The maximum Gasteiger partial charge on any atom is 0.0562 e. The second-order valence-electron chi connectivity index (χ2n) is 15.3. The van der Waals surface area contributed by atoms with Crippen molar-refractivity contribution in [3.63, 3.8) is 0 Å². The van der Waals surface area contributed by atoms with E-state index >= 15 is 0 Å². The van der Waals surface area contributed by atoms with Gasteiger partial charge in [0, 0.05) is 28.4 Å². The summed E-state index contributed by atoms with van der Waals surface area (Å²) in [6.45, 7) is 4.32. The Morgan fingerprint density at radius 2 is 1.00 bits per heavy atom. The summed E-state index contributed by atoms with van der Waals surface area (Å²) >= 11 is 0. The molecule has 0 aliphatic heterocycles. The van der Waals surface area contributed by atoms with Gasteiger partial charge in [-0.25, -0.2) is 0 Å². The highest BCUT2D eigenvalue weighted by Gasteiger charge is 2.26. The van der Waals surface area contributed by atoms with Crippen LogP contribution in [0.4, 0.5) is 28.4 Å². The predicted octanol–water partition coefficient (Wildman–Crippen LogP) is 13.5. The Morgan fingerprint density at radius 3 is 1.62 bits per heavy atom. The topological polar surface area (TPSA) is 6.48 Å². The van der Waals surface area contributed by atoms with E-state index in [0.717, 1.165) is 19.3 Å². The van der Waals surface area contributed by atoms with Gasteiger partial charge in [-0.15, -0.1) is 0 Å². The van der Waals surface area contributed by atoms with E-state index in [4.69, 9.17) is 0 Å². The third kappa shape index (κ3) is 6.48. The Kier molecular flexibility index (Phi) is 8.76. The van der Waals surface area contributed by atoms with Crippen LogP contribution in [0, 0.1) is 13.8 Å². The van der Waals surface area contributed by atoms with Crippen LogP contribution < -0.4 is 9.80 Å². The Morgan fingerprint density at radius 1 is 0.481 bits per heavy atom. The lowest BCUT2D eigenvalue weighted by atomic mass is 9.89. The molecule has 0 N–H and O–H groups in total. The molecule has 0 spiro atoms. The number of rotatable bonds is 8. The molecule has 52 heavy (non-hydrogen) atoms. The zero-order valence-corrected chi connectivity index (χ0v) is 30.6. The second-order valence-corrected chi connectivity index (χ2v) is 15.3. The van der Waals surface area contributed by atoms with Crippen LogP contribution in [0.25, 0.3) is 11.1 Å². The Balaban J connectivity index is 0.950. The van der Waals surface area contributed by atoms with Gasteiger partial charge < -0.3 is 9.80 Å². The first-order chi connectivity index (χ1) is 25.6. The Labute approximate surface area is 310 Å². The molecule has 1 atom stereocenters. The molecule has 0 saturated heterocycles. The molecule has 0 bridgehead atoms. The van der Waals surface area contributed by atoms with Crippen molar-refractivity contribution in [1.82, 2.24) is 0 Å². The van der Waals surface area contributed by atoms with Crippen LogP contribution in [-0.4, -0.2) is 6.04 Å². The molecule has 0 heterocycles. The summed E-state index contributed by atoms with van der Waals surface area (Å²) in [5, 5.41) is 0. The SMILES string of the molecule is Cc1ccc(N(c2ccc(C3=CC=C(c4ccc(N(c5ccc(C)cc5)C5C=CC6=C(CCC6)C5)cc4)CC3)cc2)c2ccc3c(c2)CCC3)cc1. The number of benzene rings is 5. The van der Waals surface area contributed by atoms with Gasteiger partial charge >= 0.3 is 0 Å². The molecule has 9 rings (SSSR count). The van der Waals surface area contributed by atoms with Crippen LogP contribution in [-0.2, 0) is 12.8 Å². The minimum Gasteiger partial charge on any atom is -0.334 e. The van der Waals surface area contributed by atoms with Gasteiger partial charge in [-0.3, -0.25) is 0 Å². The van der Waals surface area contributed by atoms with E-state index in [-0.39, 0.29) is 0 Å². The maximum atomic E-state index is 2.54. The van der Waals surface area contributed by atoms with Crippen LogP contribution in [0.5, 0.6) is 0 Å². The average Bonchev–Trinajstić information content (AvgIpc) is 3.87. The highest BCUT2D eigenvalue weighted by molar-refractivity contribution is 5.82. The third-order valence-corrected chi connectivity index (χ3v) is 11.8. The molecule has 0 aromatic heterocycles. The molecule has 5 aromatic carbocycles. The Bertz CT molecular complexity index is 2210. The number of fused-ring (bicyclic) bond motifs is 1. The van der Waals surface area contributed by atoms with E-state index in [0.29, 0.717) is 6.04 Å². The van der Waals surface area contributed by atoms with Crippen LogP contribution in [0.3, 0.4) is 0 Å². The molecule has 4 aliphatic rings. The number of hydrogen-bond acceptors (Lipinski definition) is 2. The number of allylic oxidation sites excluding steroid dienone is 6. The molecule has 2 nitrogen and oxygen atoms in total. The highest BCUT2D eigenvalue weighted by Crippen LogP contribution is 2.41. The first-order valence-electron chi connectivity index (χ1n) is 19.4. The van der Waals surface area contributed by atoms with Crippen LogP contribution in [0.15, 0.2) is 151 Å². The zero-order chi connectivity index (χ0) is 35.0. The molecule has 4 aliphatic carbocycles. The summed E-state index contributed by atoms with van der Waals surface area (Å²) in [5.41, 5.74) is 20.4. The minimum absolute atomic E-state index is 0.341. The molecule has 0 saturated carbocycles. The lowest BCUT2D eigenvalue weighted by molar-refractivity contribution is 0.736. The summed E-state index contributed by atoms with van der Waals surface area (Å²) in [4.78, 5) is 4.95. The summed E-state index contributed by atoms with van der Waals surface area (Å²) in [6, 6.07) is 43.9. The molecule has 0 fully saturated rings. The maximum absolute atomic E-state index is 2.54. The summed E-state index contributed by atoms with van der Waals surface area (Å²) < 4.78 is 0. The van der Waals surface area contributed by atoms with Gasteiger partial charge in [0.15, 0.2) is 0 Å². The molecule has 1 unspecified atom stereocenters. The monoisotopic (exact) mass is 676 g/mol. The second kappa shape index (κ2) is 14.0. The first kappa shape index (κ1) is 32.6. The van der Waals surface area contributed by atoms with Gasteiger partial charge in [0.25, 0.3) is 0 Å². The largest absolute Gasteiger partial charge is 0.334 e. The van der Waals surface area contributed by atoms with E-state index < -0.39 is 0 Å². The van der Waals surface area contributed by atoms with Gasteiger partial charge in [-0.1, -0.05) is 95.6 Å². The first-order valence-corrected chi connectivity index (χ1v) is 19.4. The fraction of sp³-hybridized carbons (Fsp3) is 0.240. The third-order valence-electron chi connectivity index (χ3n) is 11.8. The summed E-state index contributed by atoms with van der Waals surface area (Å²) in [6.07, 6.45) is 20.2. The fourth-order valence-electron chi connectivity index (χ4n) is 8.84. The average molecular weight is 677 g/mol. The molecule has 5 aromatic rings. The molecule has 0 amide bonds. The van der Waals surface area contributed by atoms with Crippen molar-refractivity contribution in [2.75, 3.05) is 9.80 Å². The van der Waals surface area contributed by atoms with Crippen LogP contribution >= 0.6 is 0 Å². The summed E-state index contributed by atoms with van der Waals surface area (Å²) in [7, 11) is 0. The number of anilines is 5. The van der Waals surface area contributed by atoms with Gasteiger partial charge in [0.1, 0.15) is 0 Å². The fourth-order valence-corrected chi connectivity index (χ4v) is 8.84. The van der Waals surface area contributed by atoms with Gasteiger partial charge in [-0.05, 0) is 171 Å². The van der Waals surface area contributed by atoms with Crippen molar-refractivity contribution in [2.45, 2.75) is 77.7 Å². The van der Waals surface area contributed by atoms with E-state index in [1.165, 1.54) is 111 Å². The molecular weight excluding hydrogens is 629 g/mol. The lowest BCUT2D eigenvalue weighted by Crippen LogP contribution is -2.31. The van der Waals surface area contributed by atoms with Crippen molar-refractivity contribution >= 4 is 39.6 Å². The van der Waals surface area contributed by atoms with Crippen molar-refractivity contribution in [3.05, 3.63) is 184 Å². The van der Waals surface area contributed by atoms with Crippen molar-refractivity contribution in [1.29, 1.82) is 0 Å². The van der Waals surface area contributed by atoms with E-state index in [9.17, 15) is 0 Å². The molecule has 0 radical (unpaired) electrons. The van der Waals surface area contributed by atoms with Crippen molar-refractivity contribution in [3.8, 4) is 0 Å². The summed E-state index contributed by atoms with van der Waals surface area (Å²) in [5.74, 6) is 0. The number of nitrogens with zero attached hydrogens (tertiary/aromatic N) is 2. The quantitative estimate of drug-likeness (QED) is 0.161. The predicted molar refractivity (Wildman–Crippen MR) is 221 cm³/mol. The Hall–Kier alpha value is -5.34. The zero-order valence-electron chi connectivity index (χ0n) is 30.6. The van der Waals surface area contributed by atoms with Crippen LogP contribution in [0.1, 0.15) is 78.3 Å². The van der Waals surface area contributed by atoms with Gasteiger partial charge in [-0.2, -0.15) is 0 Å². The highest BCUT2D eigenvalue weighted by atomic mass is 15.2. The number of aryl methyl sites for hydroxylation is 4. The molecular formula is C50H48N2. The van der Waals surface area contributed by atoms with Crippen molar-refractivity contribution in [2.24, 2.45) is 0 Å². The smallest absolute Gasteiger partial charge is 0.0562 e.